The van der Waals surface area contributed by atoms with Gasteiger partial charge in [0.1, 0.15) is 0 Å². The lowest BCUT2D eigenvalue weighted by Crippen LogP contribution is -2.48. The van der Waals surface area contributed by atoms with Crippen LogP contribution in [0.2, 0.25) is 0 Å². The first-order valence-corrected chi connectivity index (χ1v) is 8.36. The Labute approximate surface area is 146 Å². The molecule has 1 fully saturated rings. The van der Waals surface area contributed by atoms with Gasteiger partial charge in [-0.1, -0.05) is 18.2 Å². The fourth-order valence-electron chi connectivity index (χ4n) is 2.83. The van der Waals surface area contributed by atoms with E-state index >= 15 is 0 Å². The zero-order valence-electron chi connectivity index (χ0n) is 14.2. The molecule has 7 heteroatoms. The molecule has 2 amide bonds. The van der Waals surface area contributed by atoms with Crippen LogP contribution in [0.15, 0.2) is 42.7 Å². The molecule has 2 aromatic rings. The van der Waals surface area contributed by atoms with Gasteiger partial charge in [-0.25, -0.2) is 9.97 Å². The van der Waals surface area contributed by atoms with Crippen molar-refractivity contribution in [1.29, 1.82) is 0 Å². The molecule has 3 rings (SSSR count). The van der Waals surface area contributed by atoms with Crippen molar-refractivity contribution in [2.75, 3.05) is 37.6 Å². The van der Waals surface area contributed by atoms with Crippen LogP contribution in [0.4, 0.5) is 11.6 Å². The molecule has 1 aliphatic rings. The summed E-state index contributed by atoms with van der Waals surface area (Å²) in [7, 11) is 0. The monoisotopic (exact) mass is 339 g/mol. The zero-order valence-corrected chi connectivity index (χ0v) is 14.2. The van der Waals surface area contributed by atoms with Crippen molar-refractivity contribution >= 4 is 24.0 Å². The maximum absolute atomic E-state index is 12.5. The van der Waals surface area contributed by atoms with Crippen LogP contribution in [0.5, 0.6) is 0 Å². The number of anilines is 2. The van der Waals surface area contributed by atoms with Crippen LogP contribution in [0, 0.1) is 0 Å². The molecule has 0 bridgehead atoms. The average molecular weight is 339 g/mol. The highest BCUT2D eigenvalue weighted by Crippen LogP contribution is 2.21. The Bertz CT molecular complexity index is 712. The molecule has 0 radical (unpaired) electrons. The number of hydrogen-bond acceptors (Lipinski definition) is 5. The first-order valence-electron chi connectivity index (χ1n) is 8.36. The first-order chi connectivity index (χ1) is 12.2. The van der Waals surface area contributed by atoms with E-state index in [9.17, 15) is 9.59 Å². The number of hydrogen-bond donors (Lipinski definition) is 0. The van der Waals surface area contributed by atoms with Crippen molar-refractivity contribution in [3.63, 3.8) is 0 Å². The molecule has 0 N–H and O–H groups in total. The van der Waals surface area contributed by atoms with E-state index in [4.69, 9.17) is 0 Å². The highest BCUT2D eigenvalue weighted by atomic mass is 16.2. The van der Waals surface area contributed by atoms with Gasteiger partial charge in [-0.15, -0.1) is 0 Å². The molecule has 0 atom stereocenters. The minimum absolute atomic E-state index is 0.0974. The van der Waals surface area contributed by atoms with Crippen LogP contribution in [0.3, 0.4) is 0 Å². The predicted octanol–water partition coefficient (Wildman–Crippen LogP) is 1.55. The van der Waals surface area contributed by atoms with Gasteiger partial charge in [-0.05, 0) is 19.1 Å². The van der Waals surface area contributed by atoms with Crippen molar-refractivity contribution in [3.05, 3.63) is 48.3 Å². The van der Waals surface area contributed by atoms with Crippen LogP contribution in [0.25, 0.3) is 0 Å². The Morgan fingerprint density at radius 3 is 2.32 bits per heavy atom. The standard InChI is InChI=1S/C18H21N5O2/c1-2-23(16-6-4-3-5-7-16)18-19-12-15(13-20-18)17(25)22-10-8-21(14-24)9-11-22/h3-7,12-14H,2,8-11H2,1H3. The van der Waals surface area contributed by atoms with Gasteiger partial charge in [0.2, 0.25) is 12.4 Å². The Kier molecular flexibility index (Phi) is 5.23. The van der Waals surface area contributed by atoms with E-state index in [1.807, 2.05) is 42.2 Å². The SMILES string of the molecule is CCN(c1ccccc1)c1ncc(C(=O)N2CCN(C=O)CC2)cn1. The Morgan fingerprint density at radius 2 is 1.76 bits per heavy atom. The first kappa shape index (κ1) is 16.9. The van der Waals surface area contributed by atoms with E-state index in [2.05, 4.69) is 9.97 Å². The summed E-state index contributed by atoms with van der Waals surface area (Å²) in [5, 5.41) is 0. The smallest absolute Gasteiger partial charge is 0.257 e. The summed E-state index contributed by atoms with van der Waals surface area (Å²) in [4.78, 5) is 37.4. The van der Waals surface area contributed by atoms with Gasteiger partial charge in [0.25, 0.3) is 5.91 Å². The Hall–Kier alpha value is -2.96. The minimum atomic E-state index is -0.0974. The summed E-state index contributed by atoms with van der Waals surface area (Å²) in [6.07, 6.45) is 3.97. The summed E-state index contributed by atoms with van der Waals surface area (Å²) in [6.45, 7) is 4.94. The molecule has 1 saturated heterocycles. The van der Waals surface area contributed by atoms with Crippen LogP contribution < -0.4 is 4.90 Å². The number of nitrogens with zero attached hydrogens (tertiary/aromatic N) is 5. The molecule has 0 aliphatic carbocycles. The lowest BCUT2D eigenvalue weighted by Gasteiger charge is -2.32. The molecule has 130 valence electrons. The maximum Gasteiger partial charge on any atom is 0.257 e. The second-order valence-corrected chi connectivity index (χ2v) is 5.79. The van der Waals surface area contributed by atoms with Crippen molar-refractivity contribution in [2.45, 2.75) is 6.92 Å². The third-order valence-corrected chi connectivity index (χ3v) is 4.26. The fraction of sp³-hybridized carbons (Fsp3) is 0.333. The number of carbonyl (C=O) groups is 2. The topological polar surface area (TPSA) is 69.6 Å². The van der Waals surface area contributed by atoms with Gasteiger partial charge >= 0.3 is 0 Å². The second kappa shape index (κ2) is 7.74. The highest BCUT2D eigenvalue weighted by Gasteiger charge is 2.22. The summed E-state index contributed by atoms with van der Waals surface area (Å²) < 4.78 is 0. The van der Waals surface area contributed by atoms with Crippen molar-refractivity contribution in [3.8, 4) is 0 Å². The summed E-state index contributed by atoms with van der Waals surface area (Å²) in [5.41, 5.74) is 1.47. The van der Waals surface area contributed by atoms with E-state index in [0.29, 0.717) is 37.7 Å². The van der Waals surface area contributed by atoms with Crippen LogP contribution in [0.1, 0.15) is 17.3 Å². The molecule has 1 aromatic carbocycles. The van der Waals surface area contributed by atoms with Crippen molar-refractivity contribution in [1.82, 2.24) is 19.8 Å². The highest BCUT2D eigenvalue weighted by molar-refractivity contribution is 5.93. The van der Waals surface area contributed by atoms with Crippen LogP contribution in [-0.2, 0) is 4.79 Å². The molecule has 25 heavy (non-hydrogen) atoms. The van der Waals surface area contributed by atoms with E-state index in [0.717, 1.165) is 18.6 Å². The second-order valence-electron chi connectivity index (χ2n) is 5.79. The molecule has 0 unspecified atom stereocenters. The molecule has 1 aromatic heterocycles. The lowest BCUT2D eigenvalue weighted by molar-refractivity contribution is -0.119. The molecular formula is C18H21N5O2. The van der Waals surface area contributed by atoms with Gasteiger partial charge in [0, 0.05) is 50.8 Å². The summed E-state index contributed by atoms with van der Waals surface area (Å²) in [5.74, 6) is 0.468. The Balaban J connectivity index is 1.71. The summed E-state index contributed by atoms with van der Waals surface area (Å²) >= 11 is 0. The summed E-state index contributed by atoms with van der Waals surface area (Å²) in [6, 6.07) is 9.89. The van der Waals surface area contributed by atoms with Gasteiger partial charge in [0.15, 0.2) is 0 Å². The number of carbonyl (C=O) groups excluding carboxylic acids is 2. The molecule has 2 heterocycles. The number of para-hydroxylation sites is 1. The molecular weight excluding hydrogens is 318 g/mol. The molecule has 7 nitrogen and oxygen atoms in total. The minimum Gasteiger partial charge on any atom is -0.342 e. The van der Waals surface area contributed by atoms with E-state index in [1.54, 1.807) is 22.2 Å². The van der Waals surface area contributed by atoms with Crippen molar-refractivity contribution < 1.29 is 9.59 Å². The third kappa shape index (κ3) is 3.76. The Morgan fingerprint density at radius 1 is 1.12 bits per heavy atom. The van der Waals surface area contributed by atoms with E-state index < -0.39 is 0 Å². The van der Waals surface area contributed by atoms with E-state index in [-0.39, 0.29) is 5.91 Å². The molecule has 0 spiro atoms. The average Bonchev–Trinajstić information content (AvgIpc) is 2.69. The zero-order chi connectivity index (χ0) is 17.6. The van der Waals surface area contributed by atoms with Crippen LogP contribution >= 0.6 is 0 Å². The van der Waals surface area contributed by atoms with Gasteiger partial charge in [-0.2, -0.15) is 0 Å². The number of rotatable bonds is 5. The fourth-order valence-corrected chi connectivity index (χ4v) is 2.83. The normalized spacial score (nSPS) is 14.3. The molecule has 1 aliphatic heterocycles. The third-order valence-electron chi connectivity index (χ3n) is 4.26. The van der Waals surface area contributed by atoms with Crippen LogP contribution in [-0.4, -0.2) is 64.8 Å². The lowest BCUT2D eigenvalue weighted by atomic mass is 10.2. The quantitative estimate of drug-likeness (QED) is 0.773. The van der Waals surface area contributed by atoms with Crippen molar-refractivity contribution in [2.24, 2.45) is 0 Å². The van der Waals surface area contributed by atoms with Gasteiger partial charge in [0.05, 0.1) is 5.56 Å². The van der Waals surface area contributed by atoms with E-state index in [1.165, 1.54) is 0 Å². The molecule has 0 saturated carbocycles. The number of aromatic nitrogens is 2. The number of benzene rings is 1. The van der Waals surface area contributed by atoms with Gasteiger partial charge in [-0.3, -0.25) is 9.59 Å². The maximum atomic E-state index is 12.5. The largest absolute Gasteiger partial charge is 0.342 e. The predicted molar refractivity (Wildman–Crippen MR) is 94.7 cm³/mol. The number of amides is 2. The van der Waals surface area contributed by atoms with Gasteiger partial charge < -0.3 is 14.7 Å². The number of piperazine rings is 1.